The van der Waals surface area contributed by atoms with Gasteiger partial charge in [0.1, 0.15) is 0 Å². The van der Waals surface area contributed by atoms with E-state index in [-0.39, 0.29) is 0 Å². The summed E-state index contributed by atoms with van der Waals surface area (Å²) in [5.74, 6) is 5.09. The third-order valence-corrected chi connectivity index (χ3v) is 1.25. The summed E-state index contributed by atoms with van der Waals surface area (Å²) in [6, 6.07) is 0. The minimum absolute atomic E-state index is 0.751. The number of aryl methyl sites for hydroxylation is 1. The van der Waals surface area contributed by atoms with Crippen molar-refractivity contribution in [2.24, 2.45) is 5.84 Å². The van der Waals surface area contributed by atoms with Gasteiger partial charge in [0.2, 0.25) is 0 Å². The van der Waals surface area contributed by atoms with Gasteiger partial charge in [-0.2, -0.15) is 5.10 Å². The lowest BCUT2D eigenvalue weighted by Gasteiger charge is -1.97. The summed E-state index contributed by atoms with van der Waals surface area (Å²) in [6.07, 6.45) is 3.81. The van der Waals surface area contributed by atoms with E-state index in [1.807, 2.05) is 24.0 Å². The fourth-order valence-electron chi connectivity index (χ4n) is 0.768. The minimum Gasteiger partial charge on any atom is -0.271 e. The van der Waals surface area contributed by atoms with Gasteiger partial charge in [-0.3, -0.25) is 16.0 Å². The monoisotopic (exact) mass is 140 g/mol. The molecule has 0 aliphatic heterocycles. The molecule has 0 aliphatic carbocycles. The van der Waals surface area contributed by atoms with Crippen molar-refractivity contribution in [2.75, 3.05) is 6.54 Å². The lowest BCUT2D eigenvalue weighted by atomic mass is 10.4. The molecule has 10 heavy (non-hydrogen) atoms. The van der Waals surface area contributed by atoms with E-state index in [0.29, 0.717) is 0 Å². The third-order valence-electron chi connectivity index (χ3n) is 1.25. The normalized spacial score (nSPS) is 10.2. The third kappa shape index (κ3) is 1.82. The Morgan fingerprint density at radius 1 is 1.80 bits per heavy atom. The summed E-state index contributed by atoms with van der Waals surface area (Å²) in [7, 11) is 0. The van der Waals surface area contributed by atoms with Crippen molar-refractivity contribution < 1.29 is 0 Å². The molecule has 0 bridgehead atoms. The van der Waals surface area contributed by atoms with Crippen molar-refractivity contribution in [3.05, 3.63) is 18.0 Å². The average Bonchev–Trinajstić information content (AvgIpc) is 2.31. The topological polar surface area (TPSA) is 55.9 Å². The van der Waals surface area contributed by atoms with Crippen LogP contribution in [0.3, 0.4) is 0 Å². The Kier molecular flexibility index (Phi) is 2.42. The first-order valence-corrected chi connectivity index (χ1v) is 3.25. The van der Waals surface area contributed by atoms with E-state index in [2.05, 4.69) is 10.5 Å². The zero-order valence-corrected chi connectivity index (χ0v) is 6.04. The van der Waals surface area contributed by atoms with Crippen LogP contribution in [0, 0.1) is 6.92 Å². The standard InChI is InChI=1S/C6H12N4/c1-6-4-9-10(5-6)3-2-8-7/h4-5,8H,2-3,7H2,1H3. The van der Waals surface area contributed by atoms with Crippen LogP contribution < -0.4 is 11.3 Å². The molecule has 0 aliphatic rings. The Labute approximate surface area is 60.0 Å². The maximum Gasteiger partial charge on any atom is 0.0547 e. The highest BCUT2D eigenvalue weighted by molar-refractivity contribution is 4.99. The van der Waals surface area contributed by atoms with Crippen molar-refractivity contribution >= 4 is 0 Å². The molecule has 0 fully saturated rings. The largest absolute Gasteiger partial charge is 0.271 e. The highest BCUT2D eigenvalue weighted by Crippen LogP contribution is 1.92. The van der Waals surface area contributed by atoms with Crippen LogP contribution in [0.2, 0.25) is 0 Å². The first-order chi connectivity index (χ1) is 4.83. The van der Waals surface area contributed by atoms with Gasteiger partial charge in [0.25, 0.3) is 0 Å². The number of hydrogen-bond acceptors (Lipinski definition) is 3. The molecular formula is C6H12N4. The molecule has 1 rings (SSSR count). The number of rotatable bonds is 3. The average molecular weight is 140 g/mol. The Morgan fingerprint density at radius 3 is 3.10 bits per heavy atom. The maximum atomic E-state index is 5.09. The predicted octanol–water partition coefficient (Wildman–Crippen LogP) is -0.345. The van der Waals surface area contributed by atoms with Crippen LogP contribution in [-0.4, -0.2) is 16.3 Å². The first-order valence-electron chi connectivity index (χ1n) is 3.25. The van der Waals surface area contributed by atoms with Crippen molar-refractivity contribution in [1.82, 2.24) is 15.2 Å². The van der Waals surface area contributed by atoms with Crippen molar-refractivity contribution in [2.45, 2.75) is 13.5 Å². The Bertz CT molecular complexity index is 193. The molecule has 0 radical (unpaired) electrons. The Morgan fingerprint density at radius 2 is 2.60 bits per heavy atom. The molecule has 0 saturated carbocycles. The van der Waals surface area contributed by atoms with Crippen molar-refractivity contribution in [3.8, 4) is 0 Å². The van der Waals surface area contributed by atoms with Crippen LogP contribution in [-0.2, 0) is 6.54 Å². The van der Waals surface area contributed by atoms with E-state index in [4.69, 9.17) is 5.84 Å². The summed E-state index contributed by atoms with van der Waals surface area (Å²) in [4.78, 5) is 0. The van der Waals surface area contributed by atoms with Gasteiger partial charge >= 0.3 is 0 Å². The second kappa shape index (κ2) is 3.34. The molecule has 4 nitrogen and oxygen atoms in total. The second-order valence-electron chi connectivity index (χ2n) is 2.23. The zero-order chi connectivity index (χ0) is 7.40. The van der Waals surface area contributed by atoms with Gasteiger partial charge in [-0.1, -0.05) is 0 Å². The fraction of sp³-hybridized carbons (Fsp3) is 0.500. The lowest BCUT2D eigenvalue weighted by molar-refractivity contribution is 0.566. The van der Waals surface area contributed by atoms with Crippen LogP contribution in [0.15, 0.2) is 12.4 Å². The van der Waals surface area contributed by atoms with E-state index >= 15 is 0 Å². The van der Waals surface area contributed by atoms with E-state index in [0.717, 1.165) is 13.1 Å². The van der Waals surface area contributed by atoms with Crippen molar-refractivity contribution in [1.29, 1.82) is 0 Å². The first kappa shape index (κ1) is 7.24. The van der Waals surface area contributed by atoms with Gasteiger partial charge in [0.15, 0.2) is 0 Å². The van der Waals surface area contributed by atoms with Crippen molar-refractivity contribution in [3.63, 3.8) is 0 Å². The summed E-state index contributed by atoms with van der Waals surface area (Å²) < 4.78 is 1.86. The molecule has 3 N–H and O–H groups in total. The molecule has 0 saturated heterocycles. The van der Waals surface area contributed by atoms with Crippen LogP contribution in [0.5, 0.6) is 0 Å². The van der Waals surface area contributed by atoms with Crippen LogP contribution in [0.1, 0.15) is 5.56 Å². The molecule has 0 spiro atoms. The molecule has 0 amide bonds. The van der Waals surface area contributed by atoms with Crippen LogP contribution in [0.25, 0.3) is 0 Å². The van der Waals surface area contributed by atoms with Gasteiger partial charge < -0.3 is 0 Å². The molecule has 0 atom stereocenters. The molecule has 1 heterocycles. The van der Waals surface area contributed by atoms with Gasteiger partial charge in [-0.15, -0.1) is 0 Å². The van der Waals surface area contributed by atoms with Gasteiger partial charge in [0, 0.05) is 12.7 Å². The molecule has 1 aromatic rings. The molecule has 4 heteroatoms. The van der Waals surface area contributed by atoms with Gasteiger partial charge in [0.05, 0.1) is 12.7 Å². The number of nitrogens with one attached hydrogen (secondary N) is 1. The predicted molar refractivity (Wildman–Crippen MR) is 39.2 cm³/mol. The Balaban J connectivity index is 2.42. The number of nitrogens with zero attached hydrogens (tertiary/aromatic N) is 2. The van der Waals surface area contributed by atoms with Crippen LogP contribution >= 0.6 is 0 Å². The van der Waals surface area contributed by atoms with E-state index < -0.39 is 0 Å². The highest BCUT2D eigenvalue weighted by atomic mass is 15.3. The molecule has 56 valence electrons. The molecule has 0 unspecified atom stereocenters. The molecule has 0 aromatic carbocycles. The fourth-order valence-corrected chi connectivity index (χ4v) is 0.768. The van der Waals surface area contributed by atoms with E-state index in [1.54, 1.807) is 0 Å². The number of aromatic nitrogens is 2. The summed E-state index contributed by atoms with van der Waals surface area (Å²) in [5, 5.41) is 4.07. The number of nitrogens with two attached hydrogens (primary N) is 1. The van der Waals surface area contributed by atoms with Gasteiger partial charge in [-0.05, 0) is 12.5 Å². The quantitative estimate of drug-likeness (QED) is 0.446. The SMILES string of the molecule is Cc1cnn(CCNN)c1. The second-order valence-corrected chi connectivity index (χ2v) is 2.23. The summed E-state index contributed by atoms with van der Waals surface area (Å²) >= 11 is 0. The number of hydrazine groups is 1. The molecule has 1 aromatic heterocycles. The minimum atomic E-state index is 0.751. The smallest absolute Gasteiger partial charge is 0.0547 e. The lowest BCUT2D eigenvalue weighted by Crippen LogP contribution is -2.26. The Hall–Kier alpha value is -0.870. The van der Waals surface area contributed by atoms with E-state index in [9.17, 15) is 0 Å². The van der Waals surface area contributed by atoms with E-state index in [1.165, 1.54) is 5.56 Å². The number of hydrogen-bond donors (Lipinski definition) is 2. The molecular weight excluding hydrogens is 128 g/mol. The highest BCUT2D eigenvalue weighted by Gasteiger charge is 1.90. The zero-order valence-electron chi connectivity index (χ0n) is 6.04. The van der Waals surface area contributed by atoms with Crippen LogP contribution in [0.4, 0.5) is 0 Å². The maximum absolute atomic E-state index is 5.09. The summed E-state index contributed by atoms with van der Waals surface area (Å²) in [5.41, 5.74) is 3.74. The summed E-state index contributed by atoms with van der Waals surface area (Å²) in [6.45, 7) is 3.59. The van der Waals surface area contributed by atoms with Gasteiger partial charge in [-0.25, -0.2) is 0 Å².